The van der Waals surface area contributed by atoms with E-state index in [2.05, 4.69) is 10.5 Å². The van der Waals surface area contributed by atoms with E-state index in [0.717, 1.165) is 5.56 Å². The zero-order valence-electron chi connectivity index (χ0n) is 13.5. The molecule has 6 nitrogen and oxygen atoms in total. The molecule has 0 aliphatic carbocycles. The third-order valence-corrected chi connectivity index (χ3v) is 2.91. The Kier molecular flexibility index (Phi) is 5.80. The van der Waals surface area contributed by atoms with Gasteiger partial charge in [0, 0.05) is 0 Å². The Morgan fingerprint density at radius 3 is 2.57 bits per heavy atom. The molecule has 0 bridgehead atoms. The van der Waals surface area contributed by atoms with Crippen LogP contribution >= 0.6 is 0 Å². The Bertz CT molecular complexity index is 692. The number of ether oxygens (including phenoxy) is 2. The summed E-state index contributed by atoms with van der Waals surface area (Å²) in [4.78, 5) is 11.8. The Hall–Kier alpha value is -2.76. The van der Waals surface area contributed by atoms with E-state index < -0.39 is 5.91 Å². The Morgan fingerprint density at radius 1 is 1.17 bits per heavy atom. The fourth-order valence-electron chi connectivity index (χ4n) is 1.93. The number of hydrogen-bond acceptors (Lipinski definition) is 5. The number of rotatable bonds is 7. The van der Waals surface area contributed by atoms with E-state index in [1.807, 2.05) is 26.0 Å². The summed E-state index contributed by atoms with van der Waals surface area (Å²) in [6.45, 7) is 6.69. The summed E-state index contributed by atoms with van der Waals surface area (Å²) in [6.07, 6.45) is 1.53. The normalized spacial score (nSPS) is 10.7. The molecule has 1 N–H and O–H groups in total. The maximum absolute atomic E-state index is 11.8. The van der Waals surface area contributed by atoms with Crippen molar-refractivity contribution in [1.82, 2.24) is 5.43 Å². The zero-order valence-corrected chi connectivity index (χ0v) is 13.5. The quantitative estimate of drug-likeness (QED) is 0.629. The van der Waals surface area contributed by atoms with Gasteiger partial charge < -0.3 is 13.9 Å². The minimum Gasteiger partial charge on any atom is -0.490 e. The van der Waals surface area contributed by atoms with Gasteiger partial charge >= 0.3 is 5.91 Å². The van der Waals surface area contributed by atoms with E-state index in [1.54, 1.807) is 25.1 Å². The van der Waals surface area contributed by atoms with Crippen LogP contribution in [0.25, 0.3) is 0 Å². The number of benzene rings is 1. The first-order chi connectivity index (χ1) is 11.1. The molecule has 0 radical (unpaired) electrons. The molecule has 0 aliphatic rings. The smallest absolute Gasteiger partial charge is 0.307 e. The number of aryl methyl sites for hydroxylation is 1. The number of carbonyl (C=O) groups excluding carboxylic acids is 1. The zero-order chi connectivity index (χ0) is 16.7. The number of nitrogens with zero attached hydrogens (tertiary/aromatic N) is 1. The number of furan rings is 1. The van der Waals surface area contributed by atoms with Gasteiger partial charge in [0.15, 0.2) is 17.3 Å². The molecule has 122 valence electrons. The van der Waals surface area contributed by atoms with Crippen molar-refractivity contribution < 1.29 is 18.7 Å². The molecule has 0 unspecified atom stereocenters. The van der Waals surface area contributed by atoms with Crippen molar-refractivity contribution in [2.24, 2.45) is 5.10 Å². The largest absolute Gasteiger partial charge is 0.490 e. The predicted molar refractivity (Wildman–Crippen MR) is 87.3 cm³/mol. The van der Waals surface area contributed by atoms with Crippen LogP contribution in [-0.2, 0) is 0 Å². The molecule has 1 aromatic heterocycles. The highest BCUT2D eigenvalue weighted by Gasteiger charge is 2.08. The van der Waals surface area contributed by atoms with Crippen molar-refractivity contribution in [3.8, 4) is 11.5 Å². The maximum atomic E-state index is 11.8. The first kappa shape index (κ1) is 16.6. The average Bonchev–Trinajstić information content (AvgIpc) is 2.97. The molecule has 2 aromatic rings. The molecule has 0 aliphatic heterocycles. The van der Waals surface area contributed by atoms with Crippen molar-refractivity contribution in [3.05, 3.63) is 47.4 Å². The first-order valence-corrected chi connectivity index (χ1v) is 7.43. The van der Waals surface area contributed by atoms with E-state index in [1.165, 1.54) is 6.21 Å². The molecular weight excluding hydrogens is 296 g/mol. The van der Waals surface area contributed by atoms with E-state index in [9.17, 15) is 4.79 Å². The summed E-state index contributed by atoms with van der Waals surface area (Å²) in [5.74, 6) is 1.83. The minimum atomic E-state index is -0.398. The van der Waals surface area contributed by atoms with Gasteiger partial charge in [0.1, 0.15) is 5.76 Å². The van der Waals surface area contributed by atoms with Gasteiger partial charge in [-0.25, -0.2) is 5.43 Å². The highest BCUT2D eigenvalue weighted by Crippen LogP contribution is 2.27. The van der Waals surface area contributed by atoms with Gasteiger partial charge in [-0.3, -0.25) is 4.79 Å². The molecule has 1 aromatic carbocycles. The average molecular weight is 316 g/mol. The van der Waals surface area contributed by atoms with E-state index in [0.29, 0.717) is 30.5 Å². The highest BCUT2D eigenvalue weighted by atomic mass is 16.5. The number of nitrogens with one attached hydrogen (secondary N) is 1. The van der Waals surface area contributed by atoms with E-state index in [4.69, 9.17) is 13.9 Å². The van der Waals surface area contributed by atoms with Crippen LogP contribution in [0.15, 0.2) is 39.9 Å². The van der Waals surface area contributed by atoms with Gasteiger partial charge in [-0.1, -0.05) is 0 Å². The lowest BCUT2D eigenvalue weighted by atomic mass is 10.2. The number of hydrogen-bond donors (Lipinski definition) is 1. The molecule has 0 atom stereocenters. The van der Waals surface area contributed by atoms with E-state index in [-0.39, 0.29) is 5.76 Å². The molecule has 0 fully saturated rings. The molecule has 6 heteroatoms. The van der Waals surface area contributed by atoms with Gasteiger partial charge in [-0.05, 0) is 56.7 Å². The molecule has 1 heterocycles. The van der Waals surface area contributed by atoms with Crippen LogP contribution in [0, 0.1) is 6.92 Å². The summed E-state index contributed by atoms with van der Waals surface area (Å²) in [6, 6.07) is 8.78. The van der Waals surface area contributed by atoms with Crippen LogP contribution in [0.5, 0.6) is 11.5 Å². The lowest BCUT2D eigenvalue weighted by molar-refractivity contribution is 0.0926. The van der Waals surface area contributed by atoms with Gasteiger partial charge in [0.25, 0.3) is 0 Å². The predicted octanol–water partition coefficient (Wildman–Crippen LogP) is 3.15. The van der Waals surface area contributed by atoms with Gasteiger partial charge in [-0.15, -0.1) is 0 Å². The van der Waals surface area contributed by atoms with Gasteiger partial charge in [0.2, 0.25) is 0 Å². The van der Waals surface area contributed by atoms with Crippen molar-refractivity contribution >= 4 is 12.1 Å². The summed E-state index contributed by atoms with van der Waals surface area (Å²) in [5.41, 5.74) is 3.20. The van der Waals surface area contributed by atoms with Crippen LogP contribution in [0.3, 0.4) is 0 Å². The van der Waals surface area contributed by atoms with Crippen molar-refractivity contribution in [2.45, 2.75) is 20.8 Å². The lowest BCUT2D eigenvalue weighted by Gasteiger charge is -2.11. The summed E-state index contributed by atoms with van der Waals surface area (Å²) in [5, 5.41) is 3.92. The highest BCUT2D eigenvalue weighted by molar-refractivity contribution is 5.92. The van der Waals surface area contributed by atoms with Crippen molar-refractivity contribution in [1.29, 1.82) is 0 Å². The van der Waals surface area contributed by atoms with Gasteiger partial charge in [-0.2, -0.15) is 5.10 Å². The second-order valence-corrected chi connectivity index (χ2v) is 4.68. The third-order valence-electron chi connectivity index (χ3n) is 2.91. The van der Waals surface area contributed by atoms with Crippen LogP contribution in [0.1, 0.15) is 35.7 Å². The monoisotopic (exact) mass is 316 g/mol. The number of amides is 1. The van der Waals surface area contributed by atoms with Crippen molar-refractivity contribution in [3.63, 3.8) is 0 Å². The lowest BCUT2D eigenvalue weighted by Crippen LogP contribution is -2.16. The summed E-state index contributed by atoms with van der Waals surface area (Å²) < 4.78 is 16.3. The molecule has 0 spiro atoms. The second-order valence-electron chi connectivity index (χ2n) is 4.68. The Morgan fingerprint density at radius 2 is 1.91 bits per heavy atom. The molecule has 2 rings (SSSR count). The van der Waals surface area contributed by atoms with Gasteiger partial charge in [0.05, 0.1) is 19.4 Å². The topological polar surface area (TPSA) is 73.1 Å². The maximum Gasteiger partial charge on any atom is 0.307 e. The standard InChI is InChI=1S/C17H20N2O4/c1-4-21-14-9-7-13(10-16(14)22-5-2)11-18-19-17(20)15-8-6-12(3)23-15/h6-11H,4-5H2,1-3H3,(H,19,20)/b18-11-. The fourth-order valence-corrected chi connectivity index (χ4v) is 1.93. The van der Waals surface area contributed by atoms with Crippen LogP contribution < -0.4 is 14.9 Å². The summed E-state index contributed by atoms with van der Waals surface area (Å²) >= 11 is 0. The Balaban J connectivity index is 2.04. The molecule has 0 saturated heterocycles. The number of carbonyl (C=O) groups is 1. The third kappa shape index (κ3) is 4.60. The van der Waals surface area contributed by atoms with Crippen LogP contribution in [0.2, 0.25) is 0 Å². The van der Waals surface area contributed by atoms with Crippen molar-refractivity contribution in [2.75, 3.05) is 13.2 Å². The number of hydrazone groups is 1. The minimum absolute atomic E-state index is 0.223. The van der Waals surface area contributed by atoms with E-state index >= 15 is 0 Å². The fraction of sp³-hybridized carbons (Fsp3) is 0.294. The SMILES string of the molecule is CCOc1ccc(/C=N\NC(=O)c2ccc(C)o2)cc1OCC. The second kappa shape index (κ2) is 8.03. The Labute approximate surface area is 135 Å². The molecule has 0 saturated carbocycles. The molecular formula is C17H20N2O4. The molecule has 1 amide bonds. The first-order valence-electron chi connectivity index (χ1n) is 7.43. The summed E-state index contributed by atoms with van der Waals surface area (Å²) in [7, 11) is 0. The van der Waals surface area contributed by atoms with Crippen LogP contribution in [0.4, 0.5) is 0 Å². The molecule has 23 heavy (non-hydrogen) atoms. The van der Waals surface area contributed by atoms with Crippen LogP contribution in [-0.4, -0.2) is 25.3 Å².